The predicted octanol–water partition coefficient (Wildman–Crippen LogP) is 2.91. The van der Waals surface area contributed by atoms with Crippen LogP contribution in [0.15, 0.2) is 48.5 Å². The van der Waals surface area contributed by atoms with E-state index >= 15 is 0 Å². The highest BCUT2D eigenvalue weighted by Gasteiger charge is 2.07. The summed E-state index contributed by atoms with van der Waals surface area (Å²) < 4.78 is 19.0. The van der Waals surface area contributed by atoms with Crippen molar-refractivity contribution in [3.05, 3.63) is 65.5 Å². The molecule has 0 aliphatic carbocycles. The molecule has 0 aliphatic heterocycles. The van der Waals surface area contributed by atoms with Gasteiger partial charge in [-0.05, 0) is 17.7 Å². The standard InChI is InChI=1S/C15H16FNO/c16-14-7-4-8-15(13(14)11-17)18-10-9-12-5-2-1-3-6-12/h1-8H,9-11,17H2. The minimum Gasteiger partial charge on any atom is -0.493 e. The van der Waals surface area contributed by atoms with Gasteiger partial charge in [-0.3, -0.25) is 0 Å². The maximum atomic E-state index is 13.4. The van der Waals surface area contributed by atoms with Crippen LogP contribution in [0.3, 0.4) is 0 Å². The number of hydrogen-bond donors (Lipinski definition) is 1. The van der Waals surface area contributed by atoms with Crippen molar-refractivity contribution in [3.63, 3.8) is 0 Å². The van der Waals surface area contributed by atoms with E-state index in [0.717, 1.165) is 6.42 Å². The fourth-order valence-corrected chi connectivity index (χ4v) is 1.80. The molecule has 0 unspecified atom stereocenters. The van der Waals surface area contributed by atoms with Gasteiger partial charge in [0.1, 0.15) is 11.6 Å². The SMILES string of the molecule is NCc1c(F)cccc1OCCc1ccccc1. The van der Waals surface area contributed by atoms with Crippen molar-refractivity contribution in [1.82, 2.24) is 0 Å². The third-order valence-electron chi connectivity index (χ3n) is 2.77. The van der Waals surface area contributed by atoms with E-state index in [-0.39, 0.29) is 12.4 Å². The minimum atomic E-state index is -0.310. The quantitative estimate of drug-likeness (QED) is 0.879. The zero-order valence-electron chi connectivity index (χ0n) is 10.1. The van der Waals surface area contributed by atoms with Crippen molar-refractivity contribution in [2.24, 2.45) is 5.73 Å². The molecular formula is C15H16FNO. The highest BCUT2D eigenvalue weighted by Crippen LogP contribution is 2.21. The Hall–Kier alpha value is -1.87. The maximum Gasteiger partial charge on any atom is 0.131 e. The second kappa shape index (κ2) is 6.17. The van der Waals surface area contributed by atoms with E-state index < -0.39 is 0 Å². The Labute approximate surface area is 106 Å². The van der Waals surface area contributed by atoms with Gasteiger partial charge in [0.15, 0.2) is 0 Å². The molecule has 0 radical (unpaired) electrons. The summed E-state index contributed by atoms with van der Waals surface area (Å²) in [5, 5.41) is 0. The molecule has 0 aromatic heterocycles. The average Bonchev–Trinajstić information content (AvgIpc) is 2.40. The molecule has 0 fully saturated rings. The molecule has 18 heavy (non-hydrogen) atoms. The van der Waals surface area contributed by atoms with Gasteiger partial charge in [0.2, 0.25) is 0 Å². The first-order valence-corrected chi connectivity index (χ1v) is 5.95. The number of hydrogen-bond acceptors (Lipinski definition) is 2. The number of halogens is 1. The Morgan fingerprint density at radius 2 is 1.78 bits per heavy atom. The molecule has 0 aliphatic rings. The largest absolute Gasteiger partial charge is 0.493 e. The van der Waals surface area contributed by atoms with Crippen molar-refractivity contribution in [2.45, 2.75) is 13.0 Å². The second-order valence-corrected chi connectivity index (χ2v) is 4.00. The molecule has 2 rings (SSSR count). The van der Waals surface area contributed by atoms with Crippen LogP contribution in [0.5, 0.6) is 5.75 Å². The number of ether oxygens (including phenoxy) is 1. The number of nitrogens with two attached hydrogens (primary N) is 1. The molecule has 0 atom stereocenters. The molecule has 0 heterocycles. The molecule has 2 aromatic rings. The van der Waals surface area contributed by atoms with Crippen molar-refractivity contribution < 1.29 is 9.13 Å². The summed E-state index contributed by atoms with van der Waals surface area (Å²) in [4.78, 5) is 0. The van der Waals surface area contributed by atoms with Gasteiger partial charge < -0.3 is 10.5 Å². The van der Waals surface area contributed by atoms with E-state index in [9.17, 15) is 4.39 Å². The van der Waals surface area contributed by atoms with Crippen molar-refractivity contribution in [1.29, 1.82) is 0 Å². The highest BCUT2D eigenvalue weighted by molar-refractivity contribution is 5.34. The maximum absolute atomic E-state index is 13.4. The average molecular weight is 245 g/mol. The van der Waals surface area contributed by atoms with Gasteiger partial charge in [-0.2, -0.15) is 0 Å². The molecule has 0 saturated carbocycles. The molecule has 0 spiro atoms. The molecule has 0 saturated heterocycles. The monoisotopic (exact) mass is 245 g/mol. The van der Waals surface area contributed by atoms with Gasteiger partial charge in [0, 0.05) is 18.5 Å². The normalized spacial score (nSPS) is 10.3. The molecular weight excluding hydrogens is 229 g/mol. The van der Waals surface area contributed by atoms with Gasteiger partial charge >= 0.3 is 0 Å². The van der Waals surface area contributed by atoms with E-state index in [2.05, 4.69) is 0 Å². The first kappa shape index (κ1) is 12.6. The summed E-state index contributed by atoms with van der Waals surface area (Å²) in [7, 11) is 0. The van der Waals surface area contributed by atoms with Crippen LogP contribution in [0.1, 0.15) is 11.1 Å². The van der Waals surface area contributed by atoms with Gasteiger partial charge in [0.05, 0.1) is 6.61 Å². The third kappa shape index (κ3) is 3.08. The summed E-state index contributed by atoms with van der Waals surface area (Å²) in [6, 6.07) is 14.8. The summed E-state index contributed by atoms with van der Waals surface area (Å²) in [6.07, 6.45) is 0.793. The Bertz CT molecular complexity index is 499. The van der Waals surface area contributed by atoms with Crippen LogP contribution in [-0.4, -0.2) is 6.61 Å². The van der Waals surface area contributed by atoms with Crippen LogP contribution in [0.2, 0.25) is 0 Å². The van der Waals surface area contributed by atoms with E-state index in [0.29, 0.717) is 17.9 Å². The Balaban J connectivity index is 1.96. The summed E-state index contributed by atoms with van der Waals surface area (Å²) in [5.74, 6) is 0.225. The zero-order valence-corrected chi connectivity index (χ0v) is 10.1. The van der Waals surface area contributed by atoms with Crippen LogP contribution in [0, 0.1) is 5.82 Å². The fraction of sp³-hybridized carbons (Fsp3) is 0.200. The van der Waals surface area contributed by atoms with Crippen LogP contribution >= 0.6 is 0 Å². The molecule has 0 amide bonds. The van der Waals surface area contributed by atoms with Crippen molar-refractivity contribution in [2.75, 3.05) is 6.61 Å². The van der Waals surface area contributed by atoms with Crippen molar-refractivity contribution >= 4 is 0 Å². The van der Waals surface area contributed by atoms with E-state index in [1.807, 2.05) is 30.3 Å². The fourth-order valence-electron chi connectivity index (χ4n) is 1.80. The highest BCUT2D eigenvalue weighted by atomic mass is 19.1. The van der Waals surface area contributed by atoms with Gasteiger partial charge in [-0.1, -0.05) is 36.4 Å². The topological polar surface area (TPSA) is 35.2 Å². The van der Waals surface area contributed by atoms with Crippen LogP contribution in [-0.2, 0) is 13.0 Å². The molecule has 2 N–H and O–H groups in total. The number of rotatable bonds is 5. The third-order valence-corrected chi connectivity index (χ3v) is 2.77. The summed E-state index contributed by atoms with van der Waals surface area (Å²) in [6.45, 7) is 0.661. The molecule has 2 nitrogen and oxygen atoms in total. The summed E-state index contributed by atoms with van der Waals surface area (Å²) >= 11 is 0. The van der Waals surface area contributed by atoms with Crippen LogP contribution in [0.25, 0.3) is 0 Å². The molecule has 3 heteroatoms. The first-order valence-electron chi connectivity index (χ1n) is 5.95. The first-order chi connectivity index (χ1) is 8.81. The molecule has 0 bridgehead atoms. The molecule has 94 valence electrons. The van der Waals surface area contributed by atoms with Gasteiger partial charge in [-0.25, -0.2) is 4.39 Å². The second-order valence-electron chi connectivity index (χ2n) is 4.00. The van der Waals surface area contributed by atoms with Gasteiger partial charge in [-0.15, -0.1) is 0 Å². The van der Waals surface area contributed by atoms with E-state index in [1.54, 1.807) is 12.1 Å². The Morgan fingerprint density at radius 3 is 2.50 bits per heavy atom. The van der Waals surface area contributed by atoms with Crippen LogP contribution in [0.4, 0.5) is 4.39 Å². The molecule has 2 aromatic carbocycles. The Morgan fingerprint density at radius 1 is 1.00 bits per heavy atom. The van der Waals surface area contributed by atoms with Crippen molar-refractivity contribution in [3.8, 4) is 5.75 Å². The lowest BCUT2D eigenvalue weighted by molar-refractivity contribution is 0.316. The smallest absolute Gasteiger partial charge is 0.131 e. The zero-order chi connectivity index (χ0) is 12.8. The Kier molecular flexibility index (Phi) is 4.31. The number of benzene rings is 2. The summed E-state index contributed by atoms with van der Waals surface area (Å²) in [5.41, 5.74) is 7.15. The van der Waals surface area contributed by atoms with E-state index in [4.69, 9.17) is 10.5 Å². The lowest BCUT2D eigenvalue weighted by Crippen LogP contribution is -2.07. The van der Waals surface area contributed by atoms with Gasteiger partial charge in [0.25, 0.3) is 0 Å². The lowest BCUT2D eigenvalue weighted by atomic mass is 10.1. The lowest BCUT2D eigenvalue weighted by Gasteiger charge is -2.10. The predicted molar refractivity (Wildman–Crippen MR) is 69.9 cm³/mol. The van der Waals surface area contributed by atoms with E-state index in [1.165, 1.54) is 11.6 Å². The minimum absolute atomic E-state index is 0.146. The van der Waals surface area contributed by atoms with Crippen LogP contribution < -0.4 is 10.5 Å².